The molecule has 0 spiro atoms. The quantitative estimate of drug-likeness (QED) is 0.0694. The molecule has 0 radical (unpaired) electrons. The summed E-state index contributed by atoms with van der Waals surface area (Å²) in [6, 6.07) is 4.20. The fraction of sp³-hybridized carbons (Fsp3) is 0.542. The first kappa shape index (κ1) is 31.3. The van der Waals surface area contributed by atoms with E-state index in [9.17, 15) is 29.4 Å². The second-order valence-electron chi connectivity index (χ2n) is 9.08. The third-order valence-corrected chi connectivity index (χ3v) is 5.36. The molecule has 3 amide bonds. The van der Waals surface area contributed by atoms with Gasteiger partial charge in [0.15, 0.2) is 5.96 Å². The number of nitrogens with one attached hydrogen (secondary N) is 3. The molecule has 0 aromatic heterocycles. The number of amides is 3. The topological polar surface area (TPSA) is 235 Å². The average molecular weight is 522 g/mol. The first-order valence-electron chi connectivity index (χ1n) is 12.0. The number of hydrogen-bond acceptors (Lipinski definition) is 7. The molecule has 13 nitrogen and oxygen atoms in total. The van der Waals surface area contributed by atoms with Crippen molar-refractivity contribution in [1.82, 2.24) is 16.0 Å². The summed E-state index contributed by atoms with van der Waals surface area (Å²) in [5.41, 5.74) is 17.2. The van der Waals surface area contributed by atoms with Crippen molar-refractivity contribution in [1.29, 1.82) is 0 Å². The largest absolute Gasteiger partial charge is 0.480 e. The molecule has 37 heavy (non-hydrogen) atoms. The number of hydrogen-bond donors (Lipinski definition) is 8. The normalized spacial score (nSPS) is 14.1. The van der Waals surface area contributed by atoms with Crippen LogP contribution in [0.4, 0.5) is 0 Å². The predicted octanol–water partition coefficient (Wildman–Crippen LogP) is -1.81. The van der Waals surface area contributed by atoms with Crippen molar-refractivity contribution in [2.75, 3.05) is 13.2 Å². The van der Waals surface area contributed by atoms with Gasteiger partial charge in [-0.2, -0.15) is 0 Å². The van der Waals surface area contributed by atoms with E-state index in [1.807, 2.05) is 0 Å². The van der Waals surface area contributed by atoms with Crippen molar-refractivity contribution in [2.24, 2.45) is 28.1 Å². The molecule has 1 rings (SSSR count). The summed E-state index contributed by atoms with van der Waals surface area (Å²) < 4.78 is 0. The van der Waals surface area contributed by atoms with Crippen LogP contribution < -0.4 is 33.2 Å². The Labute approximate surface area is 216 Å². The number of benzene rings is 1. The SMILES string of the molecule is CC(C)CC(NC(=O)C(CO)NC(=O)C(Cc1ccccc1)NC(=O)C(N)CCCN=C(N)N)C(=O)O. The summed E-state index contributed by atoms with van der Waals surface area (Å²) in [6.07, 6.45) is 0.956. The van der Waals surface area contributed by atoms with Crippen LogP contribution in [-0.2, 0) is 25.6 Å². The predicted molar refractivity (Wildman–Crippen MR) is 138 cm³/mol. The van der Waals surface area contributed by atoms with E-state index >= 15 is 0 Å². The van der Waals surface area contributed by atoms with Crippen LogP contribution in [0, 0.1) is 5.92 Å². The number of rotatable bonds is 16. The fourth-order valence-electron chi connectivity index (χ4n) is 3.42. The number of nitrogens with zero attached hydrogens (tertiary/aromatic N) is 1. The summed E-state index contributed by atoms with van der Waals surface area (Å²) in [7, 11) is 0. The lowest BCUT2D eigenvalue weighted by Crippen LogP contribution is -2.58. The van der Waals surface area contributed by atoms with Crippen molar-refractivity contribution in [3.8, 4) is 0 Å². The Bertz CT molecular complexity index is 921. The smallest absolute Gasteiger partial charge is 0.326 e. The van der Waals surface area contributed by atoms with E-state index < -0.39 is 54.5 Å². The van der Waals surface area contributed by atoms with Gasteiger partial charge in [-0.3, -0.25) is 19.4 Å². The van der Waals surface area contributed by atoms with Crippen LogP contribution in [0.5, 0.6) is 0 Å². The molecular formula is C24H39N7O6. The Morgan fingerprint density at radius 1 is 0.919 bits per heavy atom. The Balaban J connectivity index is 2.93. The Morgan fingerprint density at radius 2 is 1.49 bits per heavy atom. The molecule has 0 bridgehead atoms. The van der Waals surface area contributed by atoms with Crippen molar-refractivity contribution >= 4 is 29.7 Å². The number of carbonyl (C=O) groups excluding carboxylic acids is 3. The number of aliphatic hydroxyl groups is 1. The van der Waals surface area contributed by atoms with E-state index in [0.29, 0.717) is 13.0 Å². The number of guanidine groups is 1. The standard InChI is InChI=1S/C24H39N7O6/c1-14(2)11-18(23(36)37)30-22(35)19(13-32)31-21(34)17(12-15-7-4-3-5-8-15)29-20(33)16(25)9-6-10-28-24(26)27/h3-5,7-8,14,16-19,32H,6,9-13,25H2,1-2H3,(H,29,33)(H,30,35)(H,31,34)(H,36,37)(H4,26,27,28). The molecule has 0 saturated carbocycles. The highest BCUT2D eigenvalue weighted by atomic mass is 16.4. The molecule has 206 valence electrons. The maximum absolute atomic E-state index is 13.1. The van der Waals surface area contributed by atoms with Crippen LogP contribution in [0.25, 0.3) is 0 Å². The summed E-state index contributed by atoms with van der Waals surface area (Å²) >= 11 is 0. The van der Waals surface area contributed by atoms with Crippen molar-refractivity contribution < 1.29 is 29.4 Å². The minimum Gasteiger partial charge on any atom is -0.480 e. The lowest BCUT2D eigenvalue weighted by molar-refractivity contribution is -0.143. The molecule has 4 unspecified atom stereocenters. The maximum Gasteiger partial charge on any atom is 0.326 e. The van der Waals surface area contributed by atoms with Crippen LogP contribution in [0.3, 0.4) is 0 Å². The van der Waals surface area contributed by atoms with Gasteiger partial charge >= 0.3 is 5.97 Å². The van der Waals surface area contributed by atoms with E-state index in [2.05, 4.69) is 20.9 Å². The fourth-order valence-corrected chi connectivity index (χ4v) is 3.42. The lowest BCUT2D eigenvalue weighted by atomic mass is 10.0. The monoisotopic (exact) mass is 521 g/mol. The van der Waals surface area contributed by atoms with Gasteiger partial charge in [0.1, 0.15) is 18.1 Å². The number of aliphatic carboxylic acids is 1. The molecule has 0 fully saturated rings. The molecule has 11 N–H and O–H groups in total. The Kier molecular flexibility index (Phi) is 13.6. The average Bonchev–Trinajstić information content (AvgIpc) is 2.83. The molecule has 0 aliphatic heterocycles. The maximum atomic E-state index is 13.1. The number of carboxylic acids is 1. The first-order valence-corrected chi connectivity index (χ1v) is 12.0. The highest BCUT2D eigenvalue weighted by Crippen LogP contribution is 2.07. The van der Waals surface area contributed by atoms with Gasteiger partial charge in [0.2, 0.25) is 17.7 Å². The van der Waals surface area contributed by atoms with Gasteiger partial charge in [-0.1, -0.05) is 44.2 Å². The third-order valence-electron chi connectivity index (χ3n) is 5.36. The minimum absolute atomic E-state index is 0.0160. The molecule has 0 aliphatic rings. The van der Waals surface area contributed by atoms with Crippen LogP contribution in [0.1, 0.15) is 38.7 Å². The molecule has 13 heteroatoms. The lowest BCUT2D eigenvalue weighted by Gasteiger charge is -2.25. The number of carbonyl (C=O) groups is 4. The minimum atomic E-state index is -1.43. The Hall–Kier alpha value is -3.71. The van der Waals surface area contributed by atoms with E-state index in [0.717, 1.165) is 5.56 Å². The first-order chi connectivity index (χ1) is 17.4. The molecule has 0 aliphatic carbocycles. The van der Waals surface area contributed by atoms with Gasteiger partial charge in [0, 0.05) is 13.0 Å². The number of aliphatic imine (C=N–C) groups is 1. The third kappa shape index (κ3) is 12.2. The second-order valence-corrected chi connectivity index (χ2v) is 9.08. The molecule has 0 saturated heterocycles. The second kappa shape index (κ2) is 16.1. The van der Waals surface area contributed by atoms with Crippen LogP contribution in [-0.4, -0.2) is 77.2 Å². The van der Waals surface area contributed by atoms with Gasteiger partial charge < -0.3 is 43.4 Å². The highest BCUT2D eigenvalue weighted by molar-refractivity contribution is 5.94. The zero-order valence-corrected chi connectivity index (χ0v) is 21.2. The van der Waals surface area contributed by atoms with Crippen LogP contribution >= 0.6 is 0 Å². The van der Waals surface area contributed by atoms with E-state index in [1.165, 1.54) is 0 Å². The van der Waals surface area contributed by atoms with Gasteiger partial charge in [-0.25, -0.2) is 4.79 Å². The number of aliphatic hydroxyl groups excluding tert-OH is 1. The van der Waals surface area contributed by atoms with Crippen LogP contribution in [0.15, 0.2) is 35.3 Å². The molecule has 1 aromatic carbocycles. The van der Waals surface area contributed by atoms with Crippen molar-refractivity contribution in [3.05, 3.63) is 35.9 Å². The summed E-state index contributed by atoms with van der Waals surface area (Å²) in [5, 5.41) is 26.4. The van der Waals surface area contributed by atoms with Gasteiger partial charge in [0.25, 0.3) is 0 Å². The summed E-state index contributed by atoms with van der Waals surface area (Å²) in [5.74, 6) is -3.50. The molecule has 4 atom stereocenters. The van der Waals surface area contributed by atoms with Gasteiger partial charge in [-0.05, 0) is 30.7 Å². The van der Waals surface area contributed by atoms with Crippen molar-refractivity contribution in [2.45, 2.75) is 63.7 Å². The summed E-state index contributed by atoms with van der Waals surface area (Å²) in [4.78, 5) is 53.7. The number of nitrogens with two attached hydrogens (primary N) is 3. The zero-order chi connectivity index (χ0) is 28.0. The number of carboxylic acid groups (broad SMARTS) is 1. The summed E-state index contributed by atoms with van der Waals surface area (Å²) in [6.45, 7) is 3.12. The van der Waals surface area contributed by atoms with E-state index in [1.54, 1.807) is 44.2 Å². The van der Waals surface area contributed by atoms with E-state index in [-0.39, 0.29) is 31.1 Å². The molecule has 0 heterocycles. The molecule has 1 aromatic rings. The highest BCUT2D eigenvalue weighted by Gasteiger charge is 2.30. The molecular weight excluding hydrogens is 482 g/mol. The van der Waals surface area contributed by atoms with Gasteiger partial charge in [-0.15, -0.1) is 0 Å². The zero-order valence-electron chi connectivity index (χ0n) is 21.2. The van der Waals surface area contributed by atoms with E-state index in [4.69, 9.17) is 17.2 Å². The van der Waals surface area contributed by atoms with Gasteiger partial charge in [0.05, 0.1) is 12.6 Å². The Morgan fingerprint density at radius 3 is 2.03 bits per heavy atom. The van der Waals surface area contributed by atoms with Crippen LogP contribution in [0.2, 0.25) is 0 Å². The van der Waals surface area contributed by atoms with Crippen molar-refractivity contribution in [3.63, 3.8) is 0 Å².